The largest absolute Gasteiger partial charge is 0.481 e. The van der Waals surface area contributed by atoms with Gasteiger partial charge in [0.2, 0.25) is 0 Å². The maximum absolute atomic E-state index is 10.00. The van der Waals surface area contributed by atoms with E-state index >= 15 is 0 Å². The lowest BCUT2D eigenvalue weighted by Crippen LogP contribution is -2.13. The van der Waals surface area contributed by atoms with E-state index in [2.05, 4.69) is 30.5 Å². The van der Waals surface area contributed by atoms with Crippen molar-refractivity contribution in [3.05, 3.63) is 60.3 Å². The summed E-state index contributed by atoms with van der Waals surface area (Å²) in [6.07, 6.45) is 21.3. The van der Waals surface area contributed by atoms with Crippen LogP contribution in [0.2, 0.25) is 0 Å². The number of hydrogen-bond donors (Lipinski definition) is 2. The third-order valence-corrected chi connectivity index (χ3v) is 3.46. The lowest BCUT2D eigenvalue weighted by atomic mass is 9.91. The lowest BCUT2D eigenvalue weighted by molar-refractivity contribution is -0.136. The Labute approximate surface area is 141 Å². The van der Waals surface area contributed by atoms with Gasteiger partial charge in [-0.15, -0.1) is 0 Å². The summed E-state index contributed by atoms with van der Waals surface area (Å²) in [5, 5.41) is 11.4. The van der Waals surface area contributed by atoms with E-state index in [1.54, 1.807) is 23.8 Å². The van der Waals surface area contributed by atoms with Crippen LogP contribution in [0.25, 0.3) is 0 Å². The second kappa shape index (κ2) is 15.0. The minimum Gasteiger partial charge on any atom is -0.481 e. The van der Waals surface area contributed by atoms with E-state index in [1.165, 1.54) is 19.3 Å². The number of carbonyl (C=O) groups is 1. The quantitative estimate of drug-likeness (QED) is 0.640. The monoisotopic (exact) mass is 317 g/mol. The van der Waals surface area contributed by atoms with E-state index in [9.17, 15) is 4.79 Å². The number of aliphatic carboxylic acids is 1. The molecule has 0 radical (unpaired) electrons. The summed E-state index contributed by atoms with van der Waals surface area (Å²) in [6.45, 7) is 5.37. The van der Waals surface area contributed by atoms with Crippen LogP contribution in [-0.2, 0) is 4.79 Å². The Balaban J connectivity index is 0.000000423. The molecule has 1 unspecified atom stereocenters. The first-order valence-corrected chi connectivity index (χ1v) is 8.28. The SMILES string of the molecule is CNCCC(C)C1=CC=CCC1.C\C=C/C=C\C=C\CC(=O)O. The Hall–Kier alpha value is -1.87. The molecule has 0 aromatic carbocycles. The van der Waals surface area contributed by atoms with Crippen LogP contribution in [0.5, 0.6) is 0 Å². The molecule has 23 heavy (non-hydrogen) atoms. The maximum atomic E-state index is 10.00. The van der Waals surface area contributed by atoms with Crippen LogP contribution >= 0.6 is 0 Å². The Kier molecular flexibility index (Phi) is 13.8. The van der Waals surface area contributed by atoms with Crippen molar-refractivity contribution in [3.63, 3.8) is 0 Å². The first-order chi connectivity index (χ1) is 11.1. The fourth-order valence-corrected chi connectivity index (χ4v) is 2.06. The molecule has 0 fully saturated rings. The zero-order valence-corrected chi connectivity index (χ0v) is 14.7. The van der Waals surface area contributed by atoms with Crippen LogP contribution in [0.4, 0.5) is 0 Å². The molecule has 1 rings (SSSR count). The molecule has 3 heteroatoms. The molecule has 0 saturated heterocycles. The third kappa shape index (κ3) is 13.5. The Morgan fingerprint density at radius 3 is 2.65 bits per heavy atom. The number of carboxylic acids is 1. The van der Waals surface area contributed by atoms with Crippen LogP contribution in [0, 0.1) is 5.92 Å². The Bertz CT molecular complexity index is 456. The molecular weight excluding hydrogens is 286 g/mol. The van der Waals surface area contributed by atoms with Gasteiger partial charge in [0.15, 0.2) is 0 Å². The molecule has 0 spiro atoms. The minimum absolute atomic E-state index is 0.0835. The van der Waals surface area contributed by atoms with E-state index < -0.39 is 5.97 Å². The first-order valence-electron chi connectivity index (χ1n) is 8.28. The molecule has 0 heterocycles. The Morgan fingerprint density at radius 2 is 2.09 bits per heavy atom. The van der Waals surface area contributed by atoms with Gasteiger partial charge in [0.1, 0.15) is 0 Å². The van der Waals surface area contributed by atoms with Crippen LogP contribution in [0.1, 0.15) is 39.5 Å². The van der Waals surface area contributed by atoms with Gasteiger partial charge in [0.25, 0.3) is 0 Å². The molecule has 0 bridgehead atoms. The van der Waals surface area contributed by atoms with Crippen LogP contribution in [0.3, 0.4) is 0 Å². The second-order valence-corrected chi connectivity index (χ2v) is 5.44. The zero-order valence-electron chi connectivity index (χ0n) is 14.7. The molecule has 3 nitrogen and oxygen atoms in total. The van der Waals surface area contributed by atoms with Gasteiger partial charge in [-0.25, -0.2) is 0 Å². The second-order valence-electron chi connectivity index (χ2n) is 5.44. The fourth-order valence-electron chi connectivity index (χ4n) is 2.06. The minimum atomic E-state index is -0.805. The number of hydrogen-bond acceptors (Lipinski definition) is 2. The van der Waals surface area contributed by atoms with Gasteiger partial charge >= 0.3 is 5.97 Å². The van der Waals surface area contributed by atoms with Crippen molar-refractivity contribution in [1.82, 2.24) is 5.32 Å². The van der Waals surface area contributed by atoms with Crippen LogP contribution in [-0.4, -0.2) is 24.7 Å². The van der Waals surface area contributed by atoms with Gasteiger partial charge in [-0.1, -0.05) is 67.2 Å². The van der Waals surface area contributed by atoms with Crippen molar-refractivity contribution in [2.24, 2.45) is 5.92 Å². The van der Waals surface area contributed by atoms with Gasteiger partial charge in [-0.05, 0) is 45.7 Å². The molecule has 1 aliphatic carbocycles. The molecule has 0 aliphatic heterocycles. The number of carboxylic acid groups (broad SMARTS) is 1. The summed E-state index contributed by atoms with van der Waals surface area (Å²) in [7, 11) is 2.02. The average Bonchev–Trinajstić information content (AvgIpc) is 2.57. The van der Waals surface area contributed by atoms with E-state index in [0.717, 1.165) is 12.5 Å². The van der Waals surface area contributed by atoms with E-state index in [-0.39, 0.29) is 6.42 Å². The summed E-state index contributed by atoms with van der Waals surface area (Å²) in [4.78, 5) is 10.00. The van der Waals surface area contributed by atoms with Crippen molar-refractivity contribution in [2.75, 3.05) is 13.6 Å². The van der Waals surface area contributed by atoms with Gasteiger partial charge in [-0.2, -0.15) is 0 Å². The normalized spacial score (nSPS) is 15.7. The van der Waals surface area contributed by atoms with Crippen molar-refractivity contribution >= 4 is 5.97 Å². The highest BCUT2D eigenvalue weighted by molar-refractivity contribution is 5.68. The van der Waals surface area contributed by atoms with Crippen LogP contribution < -0.4 is 5.32 Å². The van der Waals surface area contributed by atoms with Crippen molar-refractivity contribution in [2.45, 2.75) is 39.5 Å². The summed E-state index contributed by atoms with van der Waals surface area (Å²) >= 11 is 0. The molecule has 0 aromatic rings. The molecule has 1 aliphatic rings. The van der Waals surface area contributed by atoms with Crippen molar-refractivity contribution in [3.8, 4) is 0 Å². The van der Waals surface area contributed by atoms with E-state index in [1.807, 2.05) is 32.2 Å². The van der Waals surface area contributed by atoms with Crippen LogP contribution in [0.15, 0.2) is 60.3 Å². The van der Waals surface area contributed by atoms with Gasteiger partial charge < -0.3 is 10.4 Å². The summed E-state index contributed by atoms with van der Waals surface area (Å²) in [5.41, 5.74) is 1.62. The lowest BCUT2D eigenvalue weighted by Gasteiger charge is -2.16. The number of nitrogens with one attached hydrogen (secondary N) is 1. The van der Waals surface area contributed by atoms with Gasteiger partial charge in [-0.3, -0.25) is 4.79 Å². The number of allylic oxidation sites excluding steroid dienone is 9. The summed E-state index contributed by atoms with van der Waals surface area (Å²) in [5.74, 6) is -0.0527. The first kappa shape index (κ1) is 21.1. The highest BCUT2D eigenvalue weighted by Gasteiger charge is 2.08. The fraction of sp³-hybridized carbons (Fsp3) is 0.450. The van der Waals surface area contributed by atoms with Crippen molar-refractivity contribution in [1.29, 1.82) is 0 Å². The molecule has 0 saturated carbocycles. The topological polar surface area (TPSA) is 49.3 Å². The predicted octanol–water partition coefficient (Wildman–Crippen LogP) is 4.66. The van der Waals surface area contributed by atoms with Gasteiger partial charge in [0, 0.05) is 0 Å². The molecule has 0 aromatic heterocycles. The highest BCUT2D eigenvalue weighted by Crippen LogP contribution is 2.22. The third-order valence-electron chi connectivity index (χ3n) is 3.46. The zero-order chi connectivity index (χ0) is 17.3. The molecular formula is C20H31NO2. The molecule has 128 valence electrons. The molecule has 2 N–H and O–H groups in total. The highest BCUT2D eigenvalue weighted by atomic mass is 16.4. The van der Waals surface area contributed by atoms with E-state index in [0.29, 0.717) is 0 Å². The summed E-state index contributed by atoms with van der Waals surface area (Å²) < 4.78 is 0. The maximum Gasteiger partial charge on any atom is 0.307 e. The Morgan fingerprint density at radius 1 is 1.35 bits per heavy atom. The average molecular weight is 317 g/mol. The molecule has 0 amide bonds. The predicted molar refractivity (Wildman–Crippen MR) is 99.5 cm³/mol. The van der Waals surface area contributed by atoms with E-state index in [4.69, 9.17) is 5.11 Å². The molecule has 1 atom stereocenters. The van der Waals surface area contributed by atoms with Crippen molar-refractivity contribution < 1.29 is 9.90 Å². The number of rotatable bonds is 8. The van der Waals surface area contributed by atoms with Gasteiger partial charge in [0.05, 0.1) is 6.42 Å². The standard InChI is InChI=1S/C11H19N.C9H12O2/c1-10(8-9-12-2)11-6-4-3-5-7-11;1-2-3-4-5-6-7-8-9(10)11/h3-4,6,10,12H,5,7-9H2,1-2H3;2-7H,8H2,1H3,(H,10,11)/b;3-2-,5-4-,7-6+. The summed E-state index contributed by atoms with van der Waals surface area (Å²) in [6, 6.07) is 0. The smallest absolute Gasteiger partial charge is 0.307 e.